The Bertz CT molecular complexity index is 645. The Hall–Kier alpha value is -2.37. The molecule has 1 aromatic carbocycles. The molecule has 2 unspecified atom stereocenters. The molecule has 0 bridgehead atoms. The fourth-order valence-electron chi connectivity index (χ4n) is 2.32. The molecule has 22 heavy (non-hydrogen) atoms. The van der Waals surface area contributed by atoms with Crippen LogP contribution in [-0.4, -0.2) is 27.8 Å². The maximum absolute atomic E-state index is 12.2. The van der Waals surface area contributed by atoms with E-state index in [4.69, 9.17) is 0 Å². The summed E-state index contributed by atoms with van der Waals surface area (Å²) in [4.78, 5) is 31.1. The van der Waals surface area contributed by atoms with E-state index < -0.39 is 6.04 Å². The minimum Gasteiger partial charge on any atom is -0.345 e. The summed E-state index contributed by atoms with van der Waals surface area (Å²) in [7, 11) is 0. The normalized spacial score (nSPS) is 13.9. The van der Waals surface area contributed by atoms with Crippen LogP contribution in [0.3, 0.4) is 0 Å². The number of H-pyrrole nitrogens is 1. The first-order chi connectivity index (χ1) is 10.4. The van der Waals surface area contributed by atoms with Gasteiger partial charge in [-0.2, -0.15) is 0 Å². The number of hydrogen-bond donors (Lipinski definition) is 3. The van der Waals surface area contributed by atoms with Crippen molar-refractivity contribution in [2.24, 2.45) is 5.92 Å². The number of carbonyl (C=O) groups excluding carboxylic acids is 2. The number of nitrogens with zero attached hydrogens (tertiary/aromatic N) is 1. The molecule has 0 aliphatic rings. The minimum atomic E-state index is -0.580. The molecular weight excluding hydrogens is 280 g/mol. The van der Waals surface area contributed by atoms with Gasteiger partial charge in [0.2, 0.25) is 11.8 Å². The van der Waals surface area contributed by atoms with Crippen molar-refractivity contribution in [3.05, 3.63) is 30.1 Å². The number of para-hydroxylation sites is 2. The number of benzene rings is 1. The van der Waals surface area contributed by atoms with E-state index >= 15 is 0 Å². The van der Waals surface area contributed by atoms with Crippen molar-refractivity contribution in [1.82, 2.24) is 20.6 Å². The average molecular weight is 302 g/mol. The van der Waals surface area contributed by atoms with Gasteiger partial charge < -0.3 is 15.6 Å². The van der Waals surface area contributed by atoms with E-state index in [0.717, 1.165) is 16.9 Å². The molecule has 2 atom stereocenters. The number of aromatic amines is 1. The summed E-state index contributed by atoms with van der Waals surface area (Å²) < 4.78 is 0. The summed E-state index contributed by atoms with van der Waals surface area (Å²) in [6, 6.07) is 6.92. The molecule has 1 aromatic heterocycles. The second-order valence-electron chi connectivity index (χ2n) is 5.79. The van der Waals surface area contributed by atoms with Crippen molar-refractivity contribution in [3.8, 4) is 0 Å². The zero-order chi connectivity index (χ0) is 16.3. The molecule has 0 spiro atoms. The lowest BCUT2D eigenvalue weighted by Crippen LogP contribution is -2.46. The molecule has 2 rings (SSSR count). The standard InChI is InChI=1S/C16H22N4O2/c1-9(2)14(20-16(22)10(3)17-11(4)21)15-18-12-7-5-6-8-13(12)19-15/h5-10,14H,1-4H3,(H,17,21)(H,18,19)(H,20,22). The van der Waals surface area contributed by atoms with Gasteiger partial charge in [0.15, 0.2) is 0 Å². The van der Waals surface area contributed by atoms with Crippen molar-refractivity contribution >= 4 is 22.8 Å². The minimum absolute atomic E-state index is 0.161. The lowest BCUT2D eigenvalue weighted by molar-refractivity contribution is -0.128. The molecule has 1 heterocycles. The van der Waals surface area contributed by atoms with Gasteiger partial charge in [0, 0.05) is 6.92 Å². The highest BCUT2D eigenvalue weighted by atomic mass is 16.2. The van der Waals surface area contributed by atoms with Crippen LogP contribution >= 0.6 is 0 Å². The van der Waals surface area contributed by atoms with Crippen LogP contribution in [0.1, 0.15) is 39.6 Å². The third-order valence-corrected chi connectivity index (χ3v) is 3.48. The van der Waals surface area contributed by atoms with Crippen LogP contribution in [0.2, 0.25) is 0 Å². The summed E-state index contributed by atoms with van der Waals surface area (Å²) in [6.45, 7) is 7.08. The van der Waals surface area contributed by atoms with E-state index in [-0.39, 0.29) is 23.8 Å². The highest BCUT2D eigenvalue weighted by molar-refractivity contribution is 5.86. The van der Waals surface area contributed by atoms with Gasteiger partial charge in [-0.15, -0.1) is 0 Å². The second-order valence-corrected chi connectivity index (χ2v) is 5.79. The Morgan fingerprint density at radius 2 is 1.82 bits per heavy atom. The van der Waals surface area contributed by atoms with Gasteiger partial charge >= 0.3 is 0 Å². The Kier molecular flexibility index (Phi) is 4.80. The van der Waals surface area contributed by atoms with Crippen molar-refractivity contribution in [2.45, 2.75) is 39.8 Å². The first kappa shape index (κ1) is 16.0. The van der Waals surface area contributed by atoms with E-state index in [0.29, 0.717) is 0 Å². The first-order valence-electron chi connectivity index (χ1n) is 7.40. The van der Waals surface area contributed by atoms with Crippen LogP contribution in [0.25, 0.3) is 11.0 Å². The van der Waals surface area contributed by atoms with Gasteiger partial charge in [0.05, 0.1) is 17.1 Å². The van der Waals surface area contributed by atoms with Gasteiger partial charge in [-0.3, -0.25) is 9.59 Å². The zero-order valence-electron chi connectivity index (χ0n) is 13.3. The van der Waals surface area contributed by atoms with Crippen LogP contribution in [0, 0.1) is 5.92 Å². The molecule has 118 valence electrons. The molecule has 3 N–H and O–H groups in total. The Morgan fingerprint density at radius 3 is 2.41 bits per heavy atom. The Morgan fingerprint density at radius 1 is 1.14 bits per heavy atom. The molecule has 0 saturated heterocycles. The monoisotopic (exact) mass is 302 g/mol. The fraction of sp³-hybridized carbons (Fsp3) is 0.438. The fourth-order valence-corrected chi connectivity index (χ4v) is 2.32. The highest BCUT2D eigenvalue weighted by Gasteiger charge is 2.24. The number of imidazole rings is 1. The summed E-state index contributed by atoms with van der Waals surface area (Å²) >= 11 is 0. The van der Waals surface area contributed by atoms with Crippen LogP contribution in [0.15, 0.2) is 24.3 Å². The Balaban J connectivity index is 2.19. The third kappa shape index (κ3) is 3.63. The molecule has 0 fully saturated rings. The zero-order valence-corrected chi connectivity index (χ0v) is 13.3. The van der Waals surface area contributed by atoms with E-state index in [1.165, 1.54) is 6.92 Å². The number of aromatic nitrogens is 2. The SMILES string of the molecule is CC(=O)NC(C)C(=O)NC(c1nc2ccccc2[nH]1)C(C)C. The maximum atomic E-state index is 12.2. The average Bonchev–Trinajstić information content (AvgIpc) is 2.86. The van der Waals surface area contributed by atoms with E-state index in [1.54, 1.807) is 6.92 Å². The number of hydrogen-bond acceptors (Lipinski definition) is 3. The van der Waals surface area contributed by atoms with Gasteiger partial charge in [-0.05, 0) is 25.0 Å². The Labute approximate surface area is 129 Å². The maximum Gasteiger partial charge on any atom is 0.242 e. The molecule has 2 amide bonds. The number of amides is 2. The van der Waals surface area contributed by atoms with E-state index in [9.17, 15) is 9.59 Å². The molecular formula is C16H22N4O2. The number of fused-ring (bicyclic) bond motifs is 1. The lowest BCUT2D eigenvalue weighted by atomic mass is 10.0. The molecule has 6 nitrogen and oxygen atoms in total. The second kappa shape index (κ2) is 6.60. The highest BCUT2D eigenvalue weighted by Crippen LogP contribution is 2.22. The lowest BCUT2D eigenvalue weighted by Gasteiger charge is -2.22. The summed E-state index contributed by atoms with van der Waals surface area (Å²) in [5, 5.41) is 5.53. The number of carbonyl (C=O) groups is 2. The predicted octanol–water partition coefficient (Wildman–Crippen LogP) is 1.90. The quantitative estimate of drug-likeness (QED) is 0.788. The van der Waals surface area contributed by atoms with Crippen LogP contribution in [-0.2, 0) is 9.59 Å². The van der Waals surface area contributed by atoms with Gasteiger partial charge in [0.1, 0.15) is 11.9 Å². The van der Waals surface area contributed by atoms with Crippen molar-refractivity contribution in [2.75, 3.05) is 0 Å². The molecule has 6 heteroatoms. The van der Waals surface area contributed by atoms with Crippen LogP contribution in [0.4, 0.5) is 0 Å². The van der Waals surface area contributed by atoms with Crippen molar-refractivity contribution in [1.29, 1.82) is 0 Å². The largest absolute Gasteiger partial charge is 0.345 e. The molecule has 2 aromatic rings. The van der Waals surface area contributed by atoms with Gasteiger partial charge in [-0.1, -0.05) is 26.0 Å². The molecule has 0 aliphatic heterocycles. The summed E-state index contributed by atoms with van der Waals surface area (Å²) in [5.74, 6) is 0.426. The van der Waals surface area contributed by atoms with Gasteiger partial charge in [-0.25, -0.2) is 4.98 Å². The number of rotatable bonds is 5. The predicted molar refractivity (Wildman–Crippen MR) is 85.1 cm³/mol. The van der Waals surface area contributed by atoms with Crippen LogP contribution in [0.5, 0.6) is 0 Å². The smallest absolute Gasteiger partial charge is 0.242 e. The number of nitrogens with one attached hydrogen (secondary N) is 3. The third-order valence-electron chi connectivity index (χ3n) is 3.48. The molecule has 0 saturated carbocycles. The summed E-state index contributed by atoms with van der Waals surface area (Å²) in [5.41, 5.74) is 1.81. The summed E-state index contributed by atoms with van der Waals surface area (Å²) in [6.07, 6.45) is 0. The van der Waals surface area contributed by atoms with Crippen molar-refractivity contribution in [3.63, 3.8) is 0 Å². The van der Waals surface area contributed by atoms with Crippen LogP contribution < -0.4 is 10.6 Å². The van der Waals surface area contributed by atoms with E-state index in [2.05, 4.69) is 20.6 Å². The molecule has 0 aliphatic carbocycles. The topological polar surface area (TPSA) is 86.9 Å². The van der Waals surface area contributed by atoms with E-state index in [1.807, 2.05) is 38.1 Å². The first-order valence-corrected chi connectivity index (χ1v) is 7.40. The van der Waals surface area contributed by atoms with Crippen molar-refractivity contribution < 1.29 is 9.59 Å². The van der Waals surface area contributed by atoms with Gasteiger partial charge in [0.25, 0.3) is 0 Å². The molecule has 0 radical (unpaired) electrons.